The lowest BCUT2D eigenvalue weighted by Crippen LogP contribution is -2.39. The van der Waals surface area contributed by atoms with Crippen LogP contribution in [0.4, 0.5) is 5.69 Å². The van der Waals surface area contributed by atoms with Crippen molar-refractivity contribution < 1.29 is 9.36 Å². The zero-order valence-electron chi connectivity index (χ0n) is 13.4. The highest BCUT2D eigenvalue weighted by atomic mass is 35.5. The van der Waals surface area contributed by atoms with Gasteiger partial charge in [-0.1, -0.05) is 37.0 Å². The number of amides is 1. The van der Waals surface area contributed by atoms with Crippen LogP contribution in [0.25, 0.3) is 0 Å². The maximum absolute atomic E-state index is 12.1. The molecule has 0 atom stereocenters. The van der Waals surface area contributed by atoms with E-state index in [9.17, 15) is 4.79 Å². The molecule has 1 N–H and O–H groups in total. The number of nitrogens with zero attached hydrogens (tertiary/aromatic N) is 1. The van der Waals surface area contributed by atoms with Gasteiger partial charge in [0.2, 0.25) is 6.54 Å². The lowest BCUT2D eigenvalue weighted by Gasteiger charge is -2.11. The largest absolute Gasteiger partial charge is 0.321 e. The summed E-state index contributed by atoms with van der Waals surface area (Å²) in [6.07, 6.45) is 6.14. The van der Waals surface area contributed by atoms with Gasteiger partial charge in [-0.25, -0.2) is 0 Å². The molecule has 0 aliphatic rings. The Balaban J connectivity index is 1.98. The molecule has 1 aromatic heterocycles. The number of pyridine rings is 1. The van der Waals surface area contributed by atoms with Gasteiger partial charge in [-0.05, 0) is 42.5 Å². The predicted octanol–water partition coefficient (Wildman–Crippen LogP) is 4.82. The number of carbonyl (C=O) groups is 1. The quantitative estimate of drug-likeness (QED) is 0.743. The molecule has 1 aromatic carbocycles. The number of hydrogen-bond donors (Lipinski definition) is 1. The van der Waals surface area contributed by atoms with Crippen molar-refractivity contribution in [1.82, 2.24) is 0 Å². The smallest absolute Gasteiger partial charge is 0.290 e. The zero-order chi connectivity index (χ0) is 16.8. The van der Waals surface area contributed by atoms with Crippen LogP contribution in [0.2, 0.25) is 10.0 Å². The molecular weight excluding hydrogens is 331 g/mol. The van der Waals surface area contributed by atoms with Crippen LogP contribution in [0.15, 0.2) is 42.7 Å². The summed E-state index contributed by atoms with van der Waals surface area (Å²) in [7, 11) is 0. The minimum Gasteiger partial charge on any atom is -0.321 e. The molecule has 2 aromatic rings. The van der Waals surface area contributed by atoms with E-state index >= 15 is 0 Å². The number of aromatic nitrogens is 1. The van der Waals surface area contributed by atoms with Crippen molar-refractivity contribution in [1.29, 1.82) is 0 Å². The first kappa shape index (κ1) is 17.8. The second-order valence-electron chi connectivity index (χ2n) is 5.49. The molecule has 23 heavy (non-hydrogen) atoms. The molecule has 0 aliphatic carbocycles. The monoisotopic (exact) mass is 351 g/mol. The summed E-state index contributed by atoms with van der Waals surface area (Å²) in [4.78, 5) is 12.1. The zero-order valence-corrected chi connectivity index (χ0v) is 14.9. The van der Waals surface area contributed by atoms with Gasteiger partial charge in [0.15, 0.2) is 12.4 Å². The van der Waals surface area contributed by atoms with E-state index in [2.05, 4.69) is 31.3 Å². The second-order valence-corrected chi connectivity index (χ2v) is 6.31. The fraction of sp³-hybridized carbons (Fsp3) is 0.333. The van der Waals surface area contributed by atoms with Crippen LogP contribution in [0, 0.1) is 0 Å². The third kappa shape index (κ3) is 4.95. The summed E-state index contributed by atoms with van der Waals surface area (Å²) in [6, 6.07) is 9.21. The van der Waals surface area contributed by atoms with Crippen molar-refractivity contribution in [3.05, 3.63) is 58.3 Å². The van der Waals surface area contributed by atoms with Crippen molar-refractivity contribution in [3.63, 3.8) is 0 Å². The number of nitrogens with one attached hydrogen (secondary N) is 1. The molecule has 1 heterocycles. The fourth-order valence-electron chi connectivity index (χ4n) is 2.55. The molecule has 1 amide bonds. The molecule has 0 radical (unpaired) electrons. The summed E-state index contributed by atoms with van der Waals surface area (Å²) in [5.74, 6) is 0.471. The van der Waals surface area contributed by atoms with E-state index in [-0.39, 0.29) is 12.5 Å². The number of rotatable bonds is 6. The first-order valence-corrected chi connectivity index (χ1v) is 8.53. The van der Waals surface area contributed by atoms with Gasteiger partial charge < -0.3 is 5.32 Å². The Kier molecular flexibility index (Phi) is 6.43. The van der Waals surface area contributed by atoms with Crippen LogP contribution in [-0.2, 0) is 11.3 Å². The van der Waals surface area contributed by atoms with Crippen molar-refractivity contribution in [3.8, 4) is 0 Å². The van der Waals surface area contributed by atoms with Crippen LogP contribution >= 0.6 is 23.2 Å². The van der Waals surface area contributed by atoms with Gasteiger partial charge >= 0.3 is 0 Å². The molecule has 5 heteroatoms. The summed E-state index contributed by atoms with van der Waals surface area (Å²) in [5, 5.41) is 3.71. The predicted molar refractivity (Wildman–Crippen MR) is 95.1 cm³/mol. The van der Waals surface area contributed by atoms with Gasteiger partial charge in [0.05, 0.1) is 10.0 Å². The maximum Gasteiger partial charge on any atom is 0.290 e. The lowest BCUT2D eigenvalue weighted by atomic mass is 9.95. The number of hydrogen-bond acceptors (Lipinski definition) is 1. The molecule has 2 rings (SSSR count). The molecule has 0 fully saturated rings. The Morgan fingerprint density at radius 3 is 2.30 bits per heavy atom. The molecule has 0 saturated carbocycles. The molecule has 0 spiro atoms. The second kappa shape index (κ2) is 8.32. The van der Waals surface area contributed by atoms with Crippen molar-refractivity contribution in [2.45, 2.75) is 39.2 Å². The van der Waals surface area contributed by atoms with E-state index in [4.69, 9.17) is 23.2 Å². The fourth-order valence-corrected chi connectivity index (χ4v) is 2.84. The third-order valence-corrected chi connectivity index (χ3v) is 4.64. The number of anilines is 1. The molecule has 122 valence electrons. The number of carbonyl (C=O) groups excluding carboxylic acids is 1. The van der Waals surface area contributed by atoms with Gasteiger partial charge in [0.25, 0.3) is 5.91 Å². The highest BCUT2D eigenvalue weighted by molar-refractivity contribution is 6.42. The van der Waals surface area contributed by atoms with E-state index in [1.807, 2.05) is 17.0 Å². The van der Waals surface area contributed by atoms with Gasteiger partial charge in [-0.15, -0.1) is 0 Å². The molecule has 0 saturated heterocycles. The highest BCUT2D eigenvalue weighted by Gasteiger charge is 2.12. The summed E-state index contributed by atoms with van der Waals surface area (Å²) in [6.45, 7) is 4.64. The minimum absolute atomic E-state index is 0.108. The highest BCUT2D eigenvalue weighted by Crippen LogP contribution is 2.25. The van der Waals surface area contributed by atoms with Crippen LogP contribution in [0.1, 0.15) is 38.2 Å². The first-order valence-electron chi connectivity index (χ1n) is 7.77. The summed E-state index contributed by atoms with van der Waals surface area (Å²) >= 11 is 11.8. The minimum atomic E-state index is -0.108. The molecule has 3 nitrogen and oxygen atoms in total. The van der Waals surface area contributed by atoms with Gasteiger partial charge in [-0.3, -0.25) is 4.79 Å². The standard InChI is InChI=1S/C18H20Cl2N2O/c1-3-13(4-2)14-7-9-22(10-8-14)12-18(23)21-15-5-6-16(19)17(20)11-15/h5-11,13H,3-4,12H2,1-2H3/p+1. The number of halogens is 2. The average Bonchev–Trinajstić information content (AvgIpc) is 2.53. The van der Waals surface area contributed by atoms with Crippen molar-refractivity contribution in [2.24, 2.45) is 0 Å². The molecule has 0 aliphatic heterocycles. The lowest BCUT2D eigenvalue weighted by molar-refractivity contribution is -0.684. The van der Waals surface area contributed by atoms with Crippen LogP contribution < -0.4 is 9.88 Å². The Morgan fingerprint density at radius 1 is 1.09 bits per heavy atom. The number of benzene rings is 1. The molecular formula is C18H21Cl2N2O+. The summed E-state index contributed by atoms with van der Waals surface area (Å²) in [5.41, 5.74) is 1.95. The van der Waals surface area contributed by atoms with Crippen LogP contribution in [-0.4, -0.2) is 5.91 Å². The van der Waals surface area contributed by atoms with Crippen LogP contribution in [0.3, 0.4) is 0 Å². The average molecular weight is 352 g/mol. The molecule has 0 bridgehead atoms. The van der Waals surface area contributed by atoms with E-state index in [0.29, 0.717) is 21.7 Å². The van der Waals surface area contributed by atoms with E-state index in [1.54, 1.807) is 18.2 Å². The summed E-state index contributed by atoms with van der Waals surface area (Å²) < 4.78 is 1.86. The Labute approximate surface area is 147 Å². The molecule has 0 unspecified atom stereocenters. The SMILES string of the molecule is CCC(CC)c1cc[n+](CC(=O)Nc2ccc(Cl)c(Cl)c2)cc1. The first-order chi connectivity index (χ1) is 11.0. The Bertz CT molecular complexity index is 667. The van der Waals surface area contributed by atoms with Crippen molar-refractivity contribution >= 4 is 34.8 Å². The van der Waals surface area contributed by atoms with Crippen molar-refractivity contribution in [2.75, 3.05) is 5.32 Å². The maximum atomic E-state index is 12.1. The Morgan fingerprint density at radius 2 is 1.74 bits per heavy atom. The van der Waals surface area contributed by atoms with Gasteiger partial charge in [-0.2, -0.15) is 4.57 Å². The van der Waals surface area contributed by atoms with E-state index in [0.717, 1.165) is 12.8 Å². The van der Waals surface area contributed by atoms with Crippen LogP contribution in [0.5, 0.6) is 0 Å². The Hall–Kier alpha value is -1.58. The van der Waals surface area contributed by atoms with E-state index < -0.39 is 0 Å². The third-order valence-electron chi connectivity index (χ3n) is 3.90. The van der Waals surface area contributed by atoms with Gasteiger partial charge in [0.1, 0.15) is 0 Å². The topological polar surface area (TPSA) is 33.0 Å². The van der Waals surface area contributed by atoms with Gasteiger partial charge in [0, 0.05) is 17.8 Å². The normalized spacial score (nSPS) is 10.8. The van der Waals surface area contributed by atoms with E-state index in [1.165, 1.54) is 5.56 Å².